The van der Waals surface area contributed by atoms with Crippen LogP contribution in [-0.4, -0.2) is 19.2 Å². The van der Waals surface area contributed by atoms with Crippen molar-refractivity contribution in [3.63, 3.8) is 0 Å². The third kappa shape index (κ3) is 2.95. The first kappa shape index (κ1) is 11.0. The molecule has 0 aromatic heterocycles. The summed E-state index contributed by atoms with van der Waals surface area (Å²) in [6.45, 7) is 4.17. The first-order valence-electron chi connectivity index (χ1n) is 5.39. The van der Waals surface area contributed by atoms with Crippen LogP contribution in [0, 0.1) is 6.92 Å². The van der Waals surface area contributed by atoms with Crippen LogP contribution in [0.4, 0.5) is 0 Å². The molecular formula is C12H16BrNO. The van der Waals surface area contributed by atoms with Gasteiger partial charge < -0.3 is 10.1 Å². The highest BCUT2D eigenvalue weighted by Crippen LogP contribution is 2.24. The highest BCUT2D eigenvalue weighted by Gasteiger charge is 2.14. The Morgan fingerprint density at radius 3 is 3.00 bits per heavy atom. The highest BCUT2D eigenvalue weighted by molar-refractivity contribution is 9.10. The lowest BCUT2D eigenvalue weighted by Gasteiger charge is -2.24. The Labute approximate surface area is 99.1 Å². The standard InChI is InChI=1S/C12H16BrNO/c1-9-7-10(13)4-5-12(9)15-11-3-2-6-14-8-11/h4-5,7,11,14H,2-3,6,8H2,1H3/t11-/m1/s1. The number of nitrogens with one attached hydrogen (secondary N) is 1. The van der Waals surface area contributed by atoms with Gasteiger partial charge in [-0.25, -0.2) is 0 Å². The van der Waals surface area contributed by atoms with Gasteiger partial charge in [-0.2, -0.15) is 0 Å². The van der Waals surface area contributed by atoms with Gasteiger partial charge in [0.15, 0.2) is 0 Å². The largest absolute Gasteiger partial charge is 0.489 e. The van der Waals surface area contributed by atoms with Crippen LogP contribution < -0.4 is 10.1 Å². The maximum atomic E-state index is 5.96. The van der Waals surface area contributed by atoms with Crippen LogP contribution in [0.25, 0.3) is 0 Å². The molecule has 0 spiro atoms. The molecule has 0 amide bonds. The van der Waals surface area contributed by atoms with Crippen molar-refractivity contribution >= 4 is 15.9 Å². The lowest BCUT2D eigenvalue weighted by Crippen LogP contribution is -2.37. The van der Waals surface area contributed by atoms with Gasteiger partial charge in [-0.1, -0.05) is 15.9 Å². The third-order valence-electron chi connectivity index (χ3n) is 2.68. The zero-order chi connectivity index (χ0) is 10.7. The van der Waals surface area contributed by atoms with E-state index in [0.29, 0.717) is 6.10 Å². The van der Waals surface area contributed by atoms with E-state index in [1.165, 1.54) is 12.0 Å². The minimum Gasteiger partial charge on any atom is -0.489 e. The predicted octanol–water partition coefficient (Wildman–Crippen LogP) is 2.89. The van der Waals surface area contributed by atoms with Crippen molar-refractivity contribution in [3.8, 4) is 5.75 Å². The van der Waals surface area contributed by atoms with Crippen molar-refractivity contribution in [2.75, 3.05) is 13.1 Å². The lowest BCUT2D eigenvalue weighted by atomic mass is 10.1. The first-order chi connectivity index (χ1) is 7.25. The van der Waals surface area contributed by atoms with Gasteiger partial charge in [0.05, 0.1) is 0 Å². The van der Waals surface area contributed by atoms with E-state index < -0.39 is 0 Å². The maximum absolute atomic E-state index is 5.96. The van der Waals surface area contributed by atoms with Gasteiger partial charge in [0.1, 0.15) is 11.9 Å². The molecule has 0 radical (unpaired) electrons. The molecule has 1 N–H and O–H groups in total. The van der Waals surface area contributed by atoms with Crippen LogP contribution in [0.5, 0.6) is 5.75 Å². The summed E-state index contributed by atoms with van der Waals surface area (Å²) in [6.07, 6.45) is 2.70. The Bertz CT molecular complexity index is 334. The van der Waals surface area contributed by atoms with Crippen LogP contribution in [0.3, 0.4) is 0 Å². The molecule has 1 aromatic carbocycles. The fourth-order valence-corrected chi connectivity index (χ4v) is 2.32. The van der Waals surface area contributed by atoms with Crippen LogP contribution in [0.2, 0.25) is 0 Å². The molecule has 0 bridgehead atoms. The zero-order valence-corrected chi connectivity index (χ0v) is 10.5. The van der Waals surface area contributed by atoms with Crippen LogP contribution >= 0.6 is 15.9 Å². The molecule has 0 unspecified atom stereocenters. The quantitative estimate of drug-likeness (QED) is 0.892. The molecule has 15 heavy (non-hydrogen) atoms. The summed E-state index contributed by atoms with van der Waals surface area (Å²) in [7, 11) is 0. The topological polar surface area (TPSA) is 21.3 Å². The summed E-state index contributed by atoms with van der Waals surface area (Å²) in [5, 5.41) is 3.35. The molecule has 2 rings (SSSR count). The lowest BCUT2D eigenvalue weighted by molar-refractivity contribution is 0.166. The van der Waals surface area contributed by atoms with Crippen molar-refractivity contribution in [1.82, 2.24) is 5.32 Å². The minimum atomic E-state index is 0.332. The van der Waals surface area contributed by atoms with Gasteiger partial charge in [0.25, 0.3) is 0 Å². The second-order valence-corrected chi connectivity index (χ2v) is 4.91. The fraction of sp³-hybridized carbons (Fsp3) is 0.500. The number of benzene rings is 1. The zero-order valence-electron chi connectivity index (χ0n) is 8.92. The number of hydrogen-bond donors (Lipinski definition) is 1. The SMILES string of the molecule is Cc1cc(Br)ccc1O[C@@H]1CCCNC1. The Balaban J connectivity index is 2.03. The fourth-order valence-electron chi connectivity index (χ4n) is 1.85. The molecule has 0 saturated carbocycles. The molecule has 1 fully saturated rings. The maximum Gasteiger partial charge on any atom is 0.122 e. The minimum absolute atomic E-state index is 0.332. The molecular weight excluding hydrogens is 254 g/mol. The summed E-state index contributed by atoms with van der Waals surface area (Å²) < 4.78 is 7.06. The Hall–Kier alpha value is -0.540. The Morgan fingerprint density at radius 2 is 2.33 bits per heavy atom. The Kier molecular flexibility index (Phi) is 3.65. The molecule has 1 aromatic rings. The number of ether oxygens (including phenoxy) is 1. The summed E-state index contributed by atoms with van der Waals surface area (Å²) in [5.74, 6) is 1.01. The summed E-state index contributed by atoms with van der Waals surface area (Å²) >= 11 is 3.45. The van der Waals surface area contributed by atoms with E-state index in [9.17, 15) is 0 Å². The molecule has 1 atom stereocenters. The van der Waals surface area contributed by atoms with Crippen LogP contribution in [0.15, 0.2) is 22.7 Å². The highest BCUT2D eigenvalue weighted by atomic mass is 79.9. The Morgan fingerprint density at radius 1 is 1.47 bits per heavy atom. The molecule has 1 saturated heterocycles. The number of piperidine rings is 1. The van der Waals surface area contributed by atoms with Gasteiger partial charge in [-0.05, 0) is 50.1 Å². The van der Waals surface area contributed by atoms with Crippen molar-refractivity contribution < 1.29 is 4.74 Å². The average Bonchev–Trinajstić information content (AvgIpc) is 2.24. The van der Waals surface area contributed by atoms with E-state index >= 15 is 0 Å². The number of hydrogen-bond acceptors (Lipinski definition) is 2. The van der Waals surface area contributed by atoms with E-state index in [0.717, 1.165) is 29.7 Å². The van der Waals surface area contributed by atoms with Crippen molar-refractivity contribution in [2.24, 2.45) is 0 Å². The van der Waals surface area contributed by atoms with Crippen molar-refractivity contribution in [1.29, 1.82) is 0 Å². The molecule has 2 nitrogen and oxygen atoms in total. The molecule has 1 aliphatic heterocycles. The van der Waals surface area contributed by atoms with E-state index in [1.807, 2.05) is 12.1 Å². The molecule has 0 aliphatic carbocycles. The molecule has 82 valence electrons. The van der Waals surface area contributed by atoms with Gasteiger partial charge in [-0.3, -0.25) is 0 Å². The van der Waals surface area contributed by atoms with Crippen LogP contribution in [0.1, 0.15) is 18.4 Å². The normalized spacial score (nSPS) is 21.3. The van der Waals surface area contributed by atoms with Gasteiger partial charge in [0.2, 0.25) is 0 Å². The summed E-state index contributed by atoms with van der Waals surface area (Å²) in [4.78, 5) is 0. The second kappa shape index (κ2) is 4.99. The summed E-state index contributed by atoms with van der Waals surface area (Å²) in [5.41, 5.74) is 1.19. The van der Waals surface area contributed by atoms with E-state index in [-0.39, 0.29) is 0 Å². The number of aryl methyl sites for hydroxylation is 1. The van der Waals surface area contributed by atoms with Crippen LogP contribution in [-0.2, 0) is 0 Å². The second-order valence-electron chi connectivity index (χ2n) is 4.00. The monoisotopic (exact) mass is 269 g/mol. The molecule has 1 heterocycles. The third-order valence-corrected chi connectivity index (χ3v) is 3.18. The first-order valence-corrected chi connectivity index (χ1v) is 6.18. The van der Waals surface area contributed by atoms with E-state index in [2.05, 4.69) is 34.2 Å². The molecule has 1 aliphatic rings. The van der Waals surface area contributed by atoms with Crippen molar-refractivity contribution in [3.05, 3.63) is 28.2 Å². The van der Waals surface area contributed by atoms with Gasteiger partial charge in [-0.15, -0.1) is 0 Å². The average molecular weight is 270 g/mol. The van der Waals surface area contributed by atoms with Gasteiger partial charge >= 0.3 is 0 Å². The van der Waals surface area contributed by atoms with Gasteiger partial charge in [0, 0.05) is 11.0 Å². The van der Waals surface area contributed by atoms with E-state index in [4.69, 9.17) is 4.74 Å². The number of halogens is 1. The summed E-state index contributed by atoms with van der Waals surface area (Å²) in [6, 6.07) is 6.15. The van der Waals surface area contributed by atoms with E-state index in [1.54, 1.807) is 0 Å². The predicted molar refractivity (Wildman–Crippen MR) is 65.4 cm³/mol. The molecule has 3 heteroatoms. The smallest absolute Gasteiger partial charge is 0.122 e. The number of rotatable bonds is 2. The van der Waals surface area contributed by atoms with Crippen molar-refractivity contribution in [2.45, 2.75) is 25.9 Å².